The van der Waals surface area contributed by atoms with Gasteiger partial charge in [0.05, 0.1) is 12.7 Å². The highest BCUT2D eigenvalue weighted by Gasteiger charge is 2.20. The van der Waals surface area contributed by atoms with Crippen LogP contribution in [-0.4, -0.2) is 31.6 Å². The van der Waals surface area contributed by atoms with Crippen LogP contribution in [0, 0.1) is 20.8 Å². The van der Waals surface area contributed by atoms with Gasteiger partial charge in [-0.05, 0) is 37.5 Å². The molecule has 1 aliphatic rings. The summed E-state index contributed by atoms with van der Waals surface area (Å²) < 4.78 is 5.58. The fraction of sp³-hybridized carbons (Fsp3) is 0.533. The SMILES string of the molecule is Cc1ccc(C(=O)CC2CNCCO2)c(C)c1C. The van der Waals surface area contributed by atoms with E-state index in [-0.39, 0.29) is 11.9 Å². The minimum atomic E-state index is 0.0206. The van der Waals surface area contributed by atoms with Crippen LogP contribution in [0.4, 0.5) is 0 Å². The third-order valence-electron chi connectivity index (χ3n) is 3.78. The number of rotatable bonds is 3. The third-order valence-corrected chi connectivity index (χ3v) is 3.78. The second kappa shape index (κ2) is 5.63. The Morgan fingerprint density at radius 1 is 1.33 bits per heavy atom. The molecule has 0 aromatic heterocycles. The monoisotopic (exact) mass is 247 g/mol. The number of benzene rings is 1. The Balaban J connectivity index is 2.11. The molecule has 0 amide bonds. The number of carbonyl (C=O) groups excluding carboxylic acids is 1. The Morgan fingerprint density at radius 2 is 2.11 bits per heavy atom. The van der Waals surface area contributed by atoms with Crippen molar-refractivity contribution in [3.05, 3.63) is 34.4 Å². The van der Waals surface area contributed by atoms with Crippen molar-refractivity contribution >= 4 is 5.78 Å². The van der Waals surface area contributed by atoms with Gasteiger partial charge in [-0.1, -0.05) is 12.1 Å². The van der Waals surface area contributed by atoms with E-state index in [1.54, 1.807) is 0 Å². The fourth-order valence-electron chi connectivity index (χ4n) is 2.33. The first-order valence-electron chi connectivity index (χ1n) is 6.52. The zero-order valence-electron chi connectivity index (χ0n) is 11.4. The molecule has 0 radical (unpaired) electrons. The Labute approximate surface area is 109 Å². The van der Waals surface area contributed by atoms with E-state index in [9.17, 15) is 4.79 Å². The van der Waals surface area contributed by atoms with Crippen LogP contribution in [-0.2, 0) is 4.74 Å². The first kappa shape index (κ1) is 13.2. The van der Waals surface area contributed by atoms with Gasteiger partial charge in [0, 0.05) is 25.1 Å². The van der Waals surface area contributed by atoms with Crippen molar-refractivity contribution in [3.63, 3.8) is 0 Å². The smallest absolute Gasteiger partial charge is 0.165 e. The second-order valence-corrected chi connectivity index (χ2v) is 5.00. The molecule has 1 aliphatic heterocycles. The summed E-state index contributed by atoms with van der Waals surface area (Å²) in [5.74, 6) is 0.185. The molecule has 1 atom stereocenters. The first-order chi connectivity index (χ1) is 8.59. The van der Waals surface area contributed by atoms with Crippen LogP contribution in [0.5, 0.6) is 0 Å². The van der Waals surface area contributed by atoms with Crippen LogP contribution in [0.3, 0.4) is 0 Å². The Hall–Kier alpha value is -1.19. The maximum atomic E-state index is 12.3. The second-order valence-electron chi connectivity index (χ2n) is 5.00. The summed E-state index contributed by atoms with van der Waals surface area (Å²) in [7, 11) is 0. The van der Waals surface area contributed by atoms with Gasteiger partial charge in [-0.2, -0.15) is 0 Å². The molecule has 18 heavy (non-hydrogen) atoms. The van der Waals surface area contributed by atoms with Gasteiger partial charge >= 0.3 is 0 Å². The van der Waals surface area contributed by atoms with Gasteiger partial charge in [-0.15, -0.1) is 0 Å². The van der Waals surface area contributed by atoms with Crippen LogP contribution in [0.1, 0.15) is 33.5 Å². The van der Waals surface area contributed by atoms with Crippen molar-refractivity contribution in [3.8, 4) is 0 Å². The van der Waals surface area contributed by atoms with E-state index < -0.39 is 0 Å². The summed E-state index contributed by atoms with van der Waals surface area (Å²) in [6.07, 6.45) is 0.489. The van der Waals surface area contributed by atoms with Crippen molar-refractivity contribution in [2.75, 3.05) is 19.7 Å². The van der Waals surface area contributed by atoms with E-state index in [2.05, 4.69) is 19.2 Å². The van der Waals surface area contributed by atoms with Crippen LogP contribution >= 0.6 is 0 Å². The number of ketones is 1. The summed E-state index contributed by atoms with van der Waals surface area (Å²) in [4.78, 5) is 12.3. The lowest BCUT2D eigenvalue weighted by Crippen LogP contribution is -2.39. The van der Waals surface area contributed by atoms with Crippen LogP contribution < -0.4 is 5.32 Å². The van der Waals surface area contributed by atoms with Gasteiger partial charge in [-0.25, -0.2) is 0 Å². The molecule has 3 heteroatoms. The van der Waals surface area contributed by atoms with Crippen molar-refractivity contribution in [2.24, 2.45) is 0 Å². The van der Waals surface area contributed by atoms with Gasteiger partial charge < -0.3 is 10.1 Å². The number of morpholine rings is 1. The highest BCUT2D eigenvalue weighted by Crippen LogP contribution is 2.19. The van der Waals surface area contributed by atoms with Gasteiger partial charge in [0.15, 0.2) is 5.78 Å². The fourth-order valence-corrected chi connectivity index (χ4v) is 2.33. The Morgan fingerprint density at radius 3 is 2.78 bits per heavy atom. The van der Waals surface area contributed by atoms with E-state index in [1.807, 2.05) is 19.1 Å². The van der Waals surface area contributed by atoms with Crippen molar-refractivity contribution in [1.29, 1.82) is 0 Å². The van der Waals surface area contributed by atoms with Gasteiger partial charge in [0.1, 0.15) is 0 Å². The zero-order valence-corrected chi connectivity index (χ0v) is 11.4. The molecule has 3 nitrogen and oxygen atoms in total. The lowest BCUT2D eigenvalue weighted by atomic mass is 9.94. The summed E-state index contributed by atoms with van der Waals surface area (Å²) in [6.45, 7) is 8.52. The summed E-state index contributed by atoms with van der Waals surface area (Å²) in [5.41, 5.74) is 4.39. The number of hydrogen-bond donors (Lipinski definition) is 1. The normalized spacial score (nSPS) is 19.8. The first-order valence-corrected chi connectivity index (χ1v) is 6.52. The predicted octanol–water partition coefficient (Wildman–Crippen LogP) is 2.17. The highest BCUT2D eigenvalue weighted by molar-refractivity contribution is 5.98. The summed E-state index contributed by atoms with van der Waals surface area (Å²) >= 11 is 0. The largest absolute Gasteiger partial charge is 0.375 e. The lowest BCUT2D eigenvalue weighted by Gasteiger charge is -2.23. The molecule has 0 bridgehead atoms. The lowest BCUT2D eigenvalue weighted by molar-refractivity contribution is 0.0240. The van der Waals surface area contributed by atoms with E-state index in [0.717, 1.165) is 24.2 Å². The number of Topliss-reactive ketones (excluding diaryl/α,β-unsaturated/α-hetero) is 1. The topological polar surface area (TPSA) is 38.3 Å². The molecular weight excluding hydrogens is 226 g/mol. The van der Waals surface area contributed by atoms with E-state index >= 15 is 0 Å². The van der Waals surface area contributed by atoms with Crippen LogP contribution in [0.15, 0.2) is 12.1 Å². The minimum absolute atomic E-state index is 0.0206. The van der Waals surface area contributed by atoms with E-state index in [0.29, 0.717) is 13.0 Å². The Bertz CT molecular complexity index is 448. The van der Waals surface area contributed by atoms with E-state index in [4.69, 9.17) is 4.74 Å². The molecule has 2 rings (SSSR count). The molecule has 0 aliphatic carbocycles. The highest BCUT2D eigenvalue weighted by atomic mass is 16.5. The molecule has 98 valence electrons. The molecule has 1 unspecified atom stereocenters. The van der Waals surface area contributed by atoms with E-state index in [1.165, 1.54) is 11.1 Å². The van der Waals surface area contributed by atoms with Crippen molar-refractivity contribution in [2.45, 2.75) is 33.3 Å². The number of carbonyl (C=O) groups is 1. The van der Waals surface area contributed by atoms with Crippen LogP contribution in [0.2, 0.25) is 0 Å². The quantitative estimate of drug-likeness (QED) is 0.832. The maximum Gasteiger partial charge on any atom is 0.165 e. The average Bonchev–Trinajstić information content (AvgIpc) is 2.37. The number of aryl methyl sites for hydroxylation is 1. The molecule has 0 spiro atoms. The number of ether oxygens (including phenoxy) is 1. The van der Waals surface area contributed by atoms with Crippen molar-refractivity contribution < 1.29 is 9.53 Å². The predicted molar refractivity (Wildman–Crippen MR) is 72.2 cm³/mol. The molecule has 1 aromatic rings. The molecular formula is C15H21NO2. The van der Waals surface area contributed by atoms with Gasteiger partial charge in [-0.3, -0.25) is 4.79 Å². The number of nitrogens with one attached hydrogen (secondary N) is 1. The van der Waals surface area contributed by atoms with Gasteiger partial charge in [0.2, 0.25) is 0 Å². The molecule has 1 heterocycles. The standard InChI is InChI=1S/C15H21NO2/c1-10-4-5-14(12(3)11(10)2)15(17)8-13-9-16-6-7-18-13/h4-5,13,16H,6-9H2,1-3H3. The summed E-state index contributed by atoms with van der Waals surface area (Å²) in [5, 5.41) is 3.25. The van der Waals surface area contributed by atoms with Crippen molar-refractivity contribution in [1.82, 2.24) is 5.32 Å². The Kier molecular flexibility index (Phi) is 4.15. The van der Waals surface area contributed by atoms with Gasteiger partial charge in [0.25, 0.3) is 0 Å². The molecule has 1 fully saturated rings. The van der Waals surface area contributed by atoms with Crippen LogP contribution in [0.25, 0.3) is 0 Å². The molecule has 1 aromatic carbocycles. The molecule has 1 N–H and O–H groups in total. The molecule has 0 saturated carbocycles. The summed E-state index contributed by atoms with van der Waals surface area (Å²) in [6, 6.07) is 3.96. The third kappa shape index (κ3) is 2.79. The zero-order chi connectivity index (χ0) is 13.1. The average molecular weight is 247 g/mol. The minimum Gasteiger partial charge on any atom is -0.375 e. The molecule has 1 saturated heterocycles. The number of hydrogen-bond acceptors (Lipinski definition) is 3. The maximum absolute atomic E-state index is 12.3.